The van der Waals surface area contributed by atoms with Gasteiger partial charge in [0.25, 0.3) is 0 Å². The maximum atomic E-state index is 14.1. The molecule has 0 saturated heterocycles. The van der Waals surface area contributed by atoms with Crippen LogP contribution in [0.15, 0.2) is 90.1 Å². The van der Waals surface area contributed by atoms with Crippen molar-refractivity contribution >= 4 is 22.6 Å². The molecular weight excluding hydrogens is 648 g/mol. The summed E-state index contributed by atoms with van der Waals surface area (Å²) in [5.41, 5.74) is 3.42. The number of methoxy groups -OCH3 is 1. The fourth-order valence-electron chi connectivity index (χ4n) is 8.80. The molecule has 1 amide bonds. The second-order valence-corrected chi connectivity index (χ2v) is 13.7. The molecule has 3 N–H and O–H groups in total. The van der Waals surface area contributed by atoms with Crippen molar-refractivity contribution in [3.05, 3.63) is 96.1 Å². The number of carbonyl (C=O) groups excluding carboxylic acids is 1. The summed E-state index contributed by atoms with van der Waals surface area (Å²) in [7, 11) is 2.90. The van der Waals surface area contributed by atoms with Gasteiger partial charge in [-0.05, 0) is 77.6 Å². The Hall–Kier alpha value is -4.38. The normalized spacial score (nSPS) is 25.7. The number of oxime groups is 1. The molecule has 1 heterocycles. The Morgan fingerprint density at radius 3 is 2.55 bits per heavy atom. The van der Waals surface area contributed by atoms with Crippen molar-refractivity contribution in [3.8, 4) is 11.5 Å². The molecule has 3 aliphatic rings. The molecule has 6 atom stereocenters. The number of unbranched alkanes of at least 4 members (excludes halogenated alkanes) is 2. The number of nitrogens with zero attached hydrogens (tertiary/aromatic N) is 2. The number of aromatic hydroxyl groups is 1. The number of phenolic OH excluding ortho intramolecular Hbond substituents is 1. The number of aliphatic hydroxyl groups is 2. The van der Waals surface area contributed by atoms with E-state index in [-0.39, 0.29) is 56.3 Å². The topological polar surface area (TPSA) is 130 Å². The number of phenols is 1. The van der Waals surface area contributed by atoms with Gasteiger partial charge in [0.15, 0.2) is 0 Å². The standard InChI is InChI=1S/C41H50N2O8/c1-4-22-50-41-37(43(40(47)48-2)26-29-15-11-14-27-12-5-6-16-31(27)29)25-35(42-49-3)33-23-28(13-7-9-20-44)32(17-8-10-21-45)38(39(33)41)34-24-30(46)18-19-36(34)51-41/h4-6,11-12,14-16,18-19,23-24,28,32,37-39,44-46H,1,7-10,13,17,20-22,25-26H2,2-3H3. The van der Waals surface area contributed by atoms with Crippen LogP contribution in [0, 0.1) is 17.8 Å². The minimum absolute atomic E-state index is 0.0623. The SMILES string of the molecule is C=CCOC12Oc3ccc(O)cc3C3C(CCCCO)C(CCCCO)C=C(C(=NOC)CC1N(Cc1cccc4ccccc14)C(=O)OC)C32. The first-order valence-electron chi connectivity index (χ1n) is 18.0. The zero-order chi connectivity index (χ0) is 36.0. The number of benzene rings is 3. The third-order valence-electron chi connectivity index (χ3n) is 10.9. The maximum Gasteiger partial charge on any atom is 0.410 e. The van der Waals surface area contributed by atoms with Gasteiger partial charge in [-0.25, -0.2) is 4.79 Å². The summed E-state index contributed by atoms with van der Waals surface area (Å²) in [6, 6.07) is 18.6. The van der Waals surface area contributed by atoms with Crippen LogP contribution in [-0.4, -0.2) is 77.9 Å². The highest BCUT2D eigenvalue weighted by molar-refractivity contribution is 6.03. The maximum absolute atomic E-state index is 14.1. The van der Waals surface area contributed by atoms with Gasteiger partial charge in [-0.1, -0.05) is 72.6 Å². The first-order valence-corrected chi connectivity index (χ1v) is 18.0. The van der Waals surface area contributed by atoms with E-state index in [1.165, 1.54) is 14.2 Å². The average molecular weight is 699 g/mol. The van der Waals surface area contributed by atoms with E-state index in [9.17, 15) is 20.1 Å². The second-order valence-electron chi connectivity index (χ2n) is 13.7. The number of ether oxygens (including phenoxy) is 3. The summed E-state index contributed by atoms with van der Waals surface area (Å²) in [4.78, 5) is 21.3. The highest BCUT2D eigenvalue weighted by atomic mass is 16.7. The van der Waals surface area contributed by atoms with Gasteiger partial charge >= 0.3 is 6.09 Å². The molecule has 10 nitrogen and oxygen atoms in total. The summed E-state index contributed by atoms with van der Waals surface area (Å²) in [5, 5.41) is 37.0. The summed E-state index contributed by atoms with van der Waals surface area (Å²) < 4.78 is 19.6. The van der Waals surface area contributed by atoms with Gasteiger partial charge in [0.05, 0.1) is 31.9 Å². The molecule has 0 aromatic heterocycles. The summed E-state index contributed by atoms with van der Waals surface area (Å²) in [5.74, 6) is -1.23. The highest BCUT2D eigenvalue weighted by Crippen LogP contribution is 2.62. The minimum Gasteiger partial charge on any atom is -0.508 e. The van der Waals surface area contributed by atoms with Crippen LogP contribution in [0.1, 0.15) is 62.0 Å². The first kappa shape index (κ1) is 36.4. The molecule has 1 aliphatic heterocycles. The second kappa shape index (κ2) is 16.3. The zero-order valence-corrected chi connectivity index (χ0v) is 29.6. The Labute approximate surface area is 300 Å². The Bertz CT molecular complexity index is 1750. The Morgan fingerprint density at radius 1 is 1.04 bits per heavy atom. The fraction of sp³-hybridized carbons (Fsp3) is 0.463. The molecule has 51 heavy (non-hydrogen) atoms. The van der Waals surface area contributed by atoms with Gasteiger partial charge in [-0.3, -0.25) is 4.90 Å². The Kier molecular flexibility index (Phi) is 11.6. The molecule has 3 aromatic rings. The van der Waals surface area contributed by atoms with Crippen molar-refractivity contribution in [1.82, 2.24) is 4.90 Å². The molecule has 0 bridgehead atoms. The molecule has 3 aromatic carbocycles. The zero-order valence-electron chi connectivity index (χ0n) is 29.6. The Balaban J connectivity index is 1.59. The predicted octanol–water partition coefficient (Wildman–Crippen LogP) is 7.08. The van der Waals surface area contributed by atoms with Gasteiger partial charge in [0, 0.05) is 31.1 Å². The molecule has 272 valence electrons. The minimum atomic E-state index is -1.41. The molecule has 1 saturated carbocycles. The van der Waals surface area contributed by atoms with Crippen LogP contribution in [0.2, 0.25) is 0 Å². The monoisotopic (exact) mass is 698 g/mol. The molecule has 0 spiro atoms. The van der Waals surface area contributed by atoms with Gasteiger partial charge in [0.1, 0.15) is 24.7 Å². The van der Waals surface area contributed by atoms with Gasteiger partial charge < -0.3 is 34.4 Å². The van der Waals surface area contributed by atoms with E-state index in [0.717, 1.165) is 53.2 Å². The summed E-state index contributed by atoms with van der Waals surface area (Å²) in [6.45, 7) is 4.55. The van der Waals surface area contributed by atoms with Crippen molar-refractivity contribution in [1.29, 1.82) is 0 Å². The summed E-state index contributed by atoms with van der Waals surface area (Å²) >= 11 is 0. The van der Waals surface area contributed by atoms with E-state index in [0.29, 0.717) is 24.3 Å². The van der Waals surface area contributed by atoms with Crippen molar-refractivity contribution in [2.75, 3.05) is 34.0 Å². The van der Waals surface area contributed by atoms with Crippen LogP contribution in [0.4, 0.5) is 4.79 Å². The van der Waals surface area contributed by atoms with E-state index >= 15 is 0 Å². The van der Waals surface area contributed by atoms with Crippen LogP contribution in [0.25, 0.3) is 10.8 Å². The molecule has 0 radical (unpaired) electrons. The van der Waals surface area contributed by atoms with Crippen LogP contribution in [0.5, 0.6) is 11.5 Å². The molecule has 1 fully saturated rings. The largest absolute Gasteiger partial charge is 0.508 e. The lowest BCUT2D eigenvalue weighted by Crippen LogP contribution is -2.70. The number of carbonyl (C=O) groups is 1. The molecule has 10 heteroatoms. The lowest BCUT2D eigenvalue weighted by Gasteiger charge is -2.59. The Morgan fingerprint density at radius 2 is 1.80 bits per heavy atom. The van der Waals surface area contributed by atoms with E-state index in [1.807, 2.05) is 36.4 Å². The van der Waals surface area contributed by atoms with Crippen molar-refractivity contribution in [2.24, 2.45) is 22.9 Å². The summed E-state index contributed by atoms with van der Waals surface area (Å²) in [6.07, 6.45) is 8.32. The number of hydrogen-bond acceptors (Lipinski definition) is 9. The quantitative estimate of drug-likeness (QED) is 0.0873. The third kappa shape index (κ3) is 7.09. The van der Waals surface area contributed by atoms with Crippen molar-refractivity contribution < 1.29 is 39.2 Å². The van der Waals surface area contributed by atoms with Crippen LogP contribution in [-0.2, 0) is 20.9 Å². The first-order chi connectivity index (χ1) is 24.9. The van der Waals surface area contributed by atoms with Gasteiger partial charge in [-0.15, -0.1) is 6.58 Å². The van der Waals surface area contributed by atoms with Crippen molar-refractivity contribution in [3.63, 3.8) is 0 Å². The third-order valence-corrected chi connectivity index (χ3v) is 10.9. The van der Waals surface area contributed by atoms with Crippen LogP contribution >= 0.6 is 0 Å². The number of amides is 1. The fourth-order valence-corrected chi connectivity index (χ4v) is 8.80. The van der Waals surface area contributed by atoms with Gasteiger partial charge in [0.2, 0.25) is 5.79 Å². The number of rotatable bonds is 15. The van der Waals surface area contributed by atoms with Gasteiger partial charge in [-0.2, -0.15) is 0 Å². The molecule has 6 unspecified atom stereocenters. The molecular formula is C41H50N2O8. The molecule has 6 rings (SSSR count). The van der Waals surface area contributed by atoms with E-state index in [1.54, 1.807) is 29.2 Å². The average Bonchev–Trinajstić information content (AvgIpc) is 3.15. The van der Waals surface area contributed by atoms with E-state index < -0.39 is 23.8 Å². The van der Waals surface area contributed by atoms with E-state index in [4.69, 9.17) is 19.0 Å². The van der Waals surface area contributed by atoms with Crippen LogP contribution < -0.4 is 4.74 Å². The van der Waals surface area contributed by atoms with E-state index in [2.05, 4.69) is 23.9 Å². The highest BCUT2D eigenvalue weighted by Gasteiger charge is 2.65. The lowest BCUT2D eigenvalue weighted by atomic mass is 9.55. The number of allylic oxidation sites excluding steroid dienone is 1. The lowest BCUT2D eigenvalue weighted by molar-refractivity contribution is -0.256. The number of hydrogen-bond donors (Lipinski definition) is 3. The van der Waals surface area contributed by atoms with Crippen LogP contribution in [0.3, 0.4) is 0 Å². The number of fused-ring (bicyclic) bond motifs is 3. The predicted molar refractivity (Wildman–Crippen MR) is 196 cm³/mol. The smallest absolute Gasteiger partial charge is 0.410 e. The number of aliphatic hydroxyl groups excluding tert-OH is 2. The molecule has 2 aliphatic carbocycles. The van der Waals surface area contributed by atoms with Crippen molar-refractivity contribution in [2.45, 2.75) is 69.2 Å².